The molecule has 1 aromatic carbocycles. The van der Waals surface area contributed by atoms with Gasteiger partial charge >= 0.3 is 13.7 Å². The Morgan fingerprint density at radius 1 is 1.38 bits per heavy atom. The number of nitrogens with zero attached hydrogens (tertiary/aromatic N) is 4. The number of terminal acetylenes is 1. The van der Waals surface area contributed by atoms with Gasteiger partial charge in [0.2, 0.25) is 5.67 Å². The fourth-order valence-corrected chi connectivity index (χ4v) is 5.53. The molecule has 0 unspecified atom stereocenters. The minimum atomic E-state index is -4.29. The van der Waals surface area contributed by atoms with Crippen LogP contribution >= 0.6 is 7.75 Å². The third-order valence-electron chi connectivity index (χ3n) is 5.97. The van der Waals surface area contributed by atoms with Crippen molar-refractivity contribution >= 4 is 30.7 Å². The van der Waals surface area contributed by atoms with Crippen molar-refractivity contribution in [3.63, 3.8) is 0 Å². The number of para-hydroxylation sites is 1. The fourth-order valence-electron chi connectivity index (χ4n) is 4.03. The first-order valence-corrected chi connectivity index (χ1v) is 13.3. The smallest absolute Gasteiger partial charge is 0.459 e. The summed E-state index contributed by atoms with van der Waals surface area (Å²) in [7, 11) is -1.48. The van der Waals surface area contributed by atoms with Gasteiger partial charge < -0.3 is 24.4 Å². The lowest BCUT2D eigenvalue weighted by Gasteiger charge is -2.24. The van der Waals surface area contributed by atoms with Crippen molar-refractivity contribution in [3.05, 3.63) is 42.5 Å². The zero-order valence-corrected chi connectivity index (χ0v) is 22.5. The number of methoxy groups -OCH3 is 1. The molecule has 1 aliphatic rings. The molecule has 15 heteroatoms. The second kappa shape index (κ2) is 11.3. The molecule has 3 heterocycles. The van der Waals surface area contributed by atoms with E-state index in [0.717, 1.165) is 0 Å². The number of halogens is 1. The molecule has 4 rings (SSSR count). The maximum absolute atomic E-state index is 16.1. The highest BCUT2D eigenvalue weighted by molar-refractivity contribution is 7.52. The number of ether oxygens (including phenoxy) is 2. The van der Waals surface area contributed by atoms with E-state index in [9.17, 15) is 14.5 Å². The minimum absolute atomic E-state index is 0.167. The Morgan fingerprint density at radius 3 is 2.74 bits per heavy atom. The summed E-state index contributed by atoms with van der Waals surface area (Å²) in [4.78, 5) is 24.8. The number of hydrogen-bond acceptors (Lipinski definition) is 11. The predicted molar refractivity (Wildman–Crippen MR) is 137 cm³/mol. The molecular weight excluding hydrogens is 534 g/mol. The van der Waals surface area contributed by atoms with Gasteiger partial charge in [-0.3, -0.25) is 13.9 Å². The molecule has 0 radical (unpaired) electrons. The van der Waals surface area contributed by atoms with E-state index in [0.29, 0.717) is 17.2 Å². The van der Waals surface area contributed by atoms with Crippen LogP contribution in [0.25, 0.3) is 11.2 Å². The maximum atomic E-state index is 16.1. The number of hydrogen-bond donors (Lipinski definition) is 3. The second-order valence-electron chi connectivity index (χ2n) is 8.65. The molecule has 0 spiro atoms. The van der Waals surface area contributed by atoms with Crippen LogP contribution in [0, 0.1) is 19.3 Å². The summed E-state index contributed by atoms with van der Waals surface area (Å²) >= 11 is 0. The van der Waals surface area contributed by atoms with Gasteiger partial charge in [0.15, 0.2) is 23.2 Å². The number of fused-ring (bicyclic) bond motifs is 1. The monoisotopic (exact) mass is 562 g/mol. The number of aliphatic hydroxyl groups is 1. The summed E-state index contributed by atoms with van der Waals surface area (Å²) in [6.45, 7) is 2.42. The summed E-state index contributed by atoms with van der Waals surface area (Å²) in [6.07, 6.45) is 1.92. The van der Waals surface area contributed by atoms with Crippen molar-refractivity contribution in [1.29, 1.82) is 0 Å². The second-order valence-corrected chi connectivity index (χ2v) is 10.3. The standard InChI is InChI=1S/C24H28FN6O7P/c1-6-24(25)19(32)17(37-23(24)31-13-27-18-20(26-4)28-15(3)29-21(18)31)12-36-39(34,30-14(2)22(33)35-5)38-16-10-8-7-9-11-16/h1,7-11,13-14,17,19,23,32H,12H2,2-5H3,(H,30,34)(H,26,28,29)/t14-,17+,19+,23+,24+,39+/m0/s1. The largest absolute Gasteiger partial charge is 0.468 e. The first-order valence-electron chi connectivity index (χ1n) is 11.8. The van der Waals surface area contributed by atoms with Crippen molar-refractivity contribution in [3.8, 4) is 18.1 Å². The van der Waals surface area contributed by atoms with Crippen molar-refractivity contribution in [2.24, 2.45) is 0 Å². The van der Waals surface area contributed by atoms with Crippen LogP contribution in [0.15, 0.2) is 36.7 Å². The molecule has 3 aromatic rings. The number of aliphatic hydroxyl groups excluding tert-OH is 1. The first kappa shape index (κ1) is 28.4. The Labute approximate surface area is 223 Å². The predicted octanol–water partition coefficient (Wildman–Crippen LogP) is 2.13. The normalized spacial score (nSPS) is 25.0. The SMILES string of the molecule is C#C[C@@]1(F)[C@H](O)[C@@H](CO[P@](=O)(N[C@@H](C)C(=O)OC)Oc2ccccc2)O[C@H]1n1cnc2c(NC)nc(C)nc21. The summed E-state index contributed by atoms with van der Waals surface area (Å²) in [5.41, 5.74) is -2.19. The van der Waals surface area contributed by atoms with Gasteiger partial charge in [-0.2, -0.15) is 5.09 Å². The van der Waals surface area contributed by atoms with Crippen molar-refractivity contribution in [1.82, 2.24) is 24.6 Å². The molecule has 0 bridgehead atoms. The highest BCUT2D eigenvalue weighted by Gasteiger charge is 2.58. The van der Waals surface area contributed by atoms with Gasteiger partial charge in [0.1, 0.15) is 29.8 Å². The summed E-state index contributed by atoms with van der Waals surface area (Å²) in [6, 6.07) is 6.95. The minimum Gasteiger partial charge on any atom is -0.468 e. The molecular formula is C24H28FN6O7P. The molecule has 2 aromatic heterocycles. The molecule has 1 aliphatic heterocycles. The molecule has 1 saturated heterocycles. The first-order chi connectivity index (χ1) is 18.5. The van der Waals surface area contributed by atoms with Gasteiger partial charge in [0.25, 0.3) is 0 Å². The molecule has 0 saturated carbocycles. The van der Waals surface area contributed by atoms with E-state index < -0.39 is 50.5 Å². The molecule has 1 fully saturated rings. The average molecular weight is 562 g/mol. The van der Waals surface area contributed by atoms with Gasteiger partial charge in [-0.05, 0) is 26.0 Å². The summed E-state index contributed by atoms with van der Waals surface area (Å²) in [5, 5.41) is 16.2. The van der Waals surface area contributed by atoms with Crippen LogP contribution in [0.1, 0.15) is 19.0 Å². The van der Waals surface area contributed by atoms with Gasteiger partial charge in [-0.1, -0.05) is 24.1 Å². The van der Waals surface area contributed by atoms with Crippen LogP contribution in [-0.4, -0.2) is 75.3 Å². The summed E-state index contributed by atoms with van der Waals surface area (Å²) < 4.78 is 52.5. The van der Waals surface area contributed by atoms with Crippen molar-refractivity contribution in [2.45, 2.75) is 44.0 Å². The topological polar surface area (TPSA) is 159 Å². The number of rotatable bonds is 10. The maximum Gasteiger partial charge on any atom is 0.459 e. The zero-order chi connectivity index (χ0) is 28.4. The molecule has 0 aliphatic carbocycles. The molecule has 39 heavy (non-hydrogen) atoms. The lowest BCUT2D eigenvalue weighted by atomic mass is 9.97. The van der Waals surface area contributed by atoms with E-state index in [1.165, 1.54) is 37.1 Å². The summed E-state index contributed by atoms with van der Waals surface area (Å²) in [5.74, 6) is 2.20. The molecule has 3 N–H and O–H groups in total. The van der Waals surface area contributed by atoms with Crippen LogP contribution in [0.4, 0.5) is 10.2 Å². The Kier molecular flexibility index (Phi) is 8.20. The number of benzene rings is 1. The molecule has 6 atom stereocenters. The lowest BCUT2D eigenvalue weighted by Crippen LogP contribution is -2.42. The molecule has 13 nitrogen and oxygen atoms in total. The number of aromatic nitrogens is 4. The van der Waals surface area contributed by atoms with E-state index >= 15 is 4.39 Å². The van der Waals surface area contributed by atoms with Crippen LogP contribution in [0.2, 0.25) is 0 Å². The number of carbonyl (C=O) groups excluding carboxylic acids is 1. The van der Waals surface area contributed by atoms with Gasteiger partial charge in [-0.25, -0.2) is 23.9 Å². The Balaban J connectivity index is 1.61. The highest BCUT2D eigenvalue weighted by atomic mass is 31.2. The number of carbonyl (C=O) groups is 1. The molecule has 0 amide bonds. The van der Waals surface area contributed by atoms with Crippen molar-refractivity contribution in [2.75, 3.05) is 26.1 Å². The van der Waals surface area contributed by atoms with E-state index in [1.54, 1.807) is 32.2 Å². The van der Waals surface area contributed by atoms with Crippen LogP contribution in [0.3, 0.4) is 0 Å². The highest BCUT2D eigenvalue weighted by Crippen LogP contribution is 2.48. The lowest BCUT2D eigenvalue weighted by molar-refractivity contribution is -0.142. The Hall–Kier alpha value is -3.60. The average Bonchev–Trinajstić information content (AvgIpc) is 3.45. The quantitative estimate of drug-likeness (QED) is 0.188. The number of anilines is 1. The molecule has 208 valence electrons. The third kappa shape index (κ3) is 5.59. The third-order valence-corrected chi connectivity index (χ3v) is 7.62. The number of nitrogens with one attached hydrogen (secondary N) is 2. The van der Waals surface area contributed by atoms with E-state index in [1.807, 2.05) is 5.92 Å². The Bertz CT molecular complexity index is 1430. The fraction of sp³-hybridized carbons (Fsp3) is 0.417. The van der Waals surface area contributed by atoms with E-state index in [4.69, 9.17) is 20.2 Å². The van der Waals surface area contributed by atoms with Crippen LogP contribution < -0.4 is 14.9 Å². The number of aryl methyl sites for hydroxylation is 1. The zero-order valence-electron chi connectivity index (χ0n) is 21.6. The number of alkyl halides is 1. The van der Waals surface area contributed by atoms with Gasteiger partial charge in [0, 0.05) is 7.05 Å². The van der Waals surface area contributed by atoms with Crippen LogP contribution in [-0.2, 0) is 23.4 Å². The van der Waals surface area contributed by atoms with Gasteiger partial charge in [0.05, 0.1) is 20.0 Å². The van der Waals surface area contributed by atoms with E-state index in [2.05, 4.69) is 30.1 Å². The van der Waals surface area contributed by atoms with Crippen LogP contribution in [0.5, 0.6) is 5.75 Å². The Morgan fingerprint density at radius 2 is 2.10 bits per heavy atom. The van der Waals surface area contributed by atoms with Gasteiger partial charge in [-0.15, -0.1) is 6.42 Å². The number of esters is 1. The number of imidazole rings is 1. The van der Waals surface area contributed by atoms with Crippen molar-refractivity contribution < 1.29 is 37.4 Å². The van der Waals surface area contributed by atoms with E-state index in [-0.39, 0.29) is 11.4 Å².